The Hall–Kier alpha value is -2.07. The molecule has 5 heteroatoms. The second-order valence-corrected chi connectivity index (χ2v) is 5.22. The van der Waals surface area contributed by atoms with Crippen LogP contribution in [0.5, 0.6) is 0 Å². The Morgan fingerprint density at radius 1 is 1.15 bits per heavy atom. The SMILES string of the molecule is Cc1cc(C)c(NC(=O)c2cc(C)[nH]c(=O)c2)c(Cl)c1. The number of rotatable bonds is 2. The van der Waals surface area contributed by atoms with Crippen molar-refractivity contribution in [1.82, 2.24) is 4.98 Å². The molecule has 0 saturated carbocycles. The third-order valence-corrected chi connectivity index (χ3v) is 3.21. The van der Waals surface area contributed by atoms with Crippen molar-refractivity contribution in [3.8, 4) is 0 Å². The first kappa shape index (κ1) is 14.3. The van der Waals surface area contributed by atoms with E-state index in [1.807, 2.05) is 19.9 Å². The number of amides is 1. The number of carbonyl (C=O) groups excluding carboxylic acids is 1. The molecule has 0 bridgehead atoms. The lowest BCUT2D eigenvalue weighted by molar-refractivity contribution is 0.102. The predicted octanol–water partition coefficient (Wildman–Crippen LogP) is 3.21. The van der Waals surface area contributed by atoms with Crippen molar-refractivity contribution in [1.29, 1.82) is 0 Å². The Bertz CT molecular complexity index is 712. The first-order valence-corrected chi connectivity index (χ1v) is 6.53. The second-order valence-electron chi connectivity index (χ2n) is 4.81. The van der Waals surface area contributed by atoms with Crippen molar-refractivity contribution in [2.45, 2.75) is 20.8 Å². The highest BCUT2D eigenvalue weighted by Gasteiger charge is 2.12. The summed E-state index contributed by atoms with van der Waals surface area (Å²) in [6.45, 7) is 5.53. The molecule has 2 N–H and O–H groups in total. The Morgan fingerprint density at radius 3 is 2.45 bits per heavy atom. The highest BCUT2D eigenvalue weighted by atomic mass is 35.5. The zero-order valence-corrected chi connectivity index (χ0v) is 12.3. The number of hydrogen-bond acceptors (Lipinski definition) is 2. The van der Waals surface area contributed by atoms with Gasteiger partial charge in [-0.05, 0) is 44.0 Å². The van der Waals surface area contributed by atoms with Gasteiger partial charge in [-0.2, -0.15) is 0 Å². The number of hydrogen-bond donors (Lipinski definition) is 2. The van der Waals surface area contributed by atoms with Crippen LogP contribution in [0.3, 0.4) is 0 Å². The molecule has 20 heavy (non-hydrogen) atoms. The van der Waals surface area contributed by atoms with Crippen molar-refractivity contribution in [3.05, 3.63) is 62.0 Å². The minimum Gasteiger partial charge on any atom is -0.326 e. The van der Waals surface area contributed by atoms with Gasteiger partial charge in [0.2, 0.25) is 5.56 Å². The maximum Gasteiger partial charge on any atom is 0.255 e. The van der Waals surface area contributed by atoms with Crippen LogP contribution in [0.1, 0.15) is 27.2 Å². The van der Waals surface area contributed by atoms with Crippen LogP contribution in [0, 0.1) is 20.8 Å². The first-order chi connectivity index (χ1) is 9.36. The topological polar surface area (TPSA) is 62.0 Å². The number of benzene rings is 1. The number of anilines is 1. The Balaban J connectivity index is 2.35. The minimum absolute atomic E-state index is 0.304. The number of nitrogens with one attached hydrogen (secondary N) is 2. The molecule has 0 aliphatic rings. The van der Waals surface area contributed by atoms with Gasteiger partial charge in [0, 0.05) is 17.3 Å². The van der Waals surface area contributed by atoms with Gasteiger partial charge in [-0.1, -0.05) is 17.7 Å². The number of aryl methyl sites for hydroxylation is 3. The molecule has 0 atom stereocenters. The lowest BCUT2D eigenvalue weighted by Gasteiger charge is -2.11. The fourth-order valence-corrected chi connectivity index (χ4v) is 2.44. The van der Waals surface area contributed by atoms with E-state index in [-0.39, 0.29) is 11.5 Å². The van der Waals surface area contributed by atoms with Gasteiger partial charge in [0.15, 0.2) is 0 Å². The summed E-state index contributed by atoms with van der Waals surface area (Å²) in [7, 11) is 0. The van der Waals surface area contributed by atoms with Gasteiger partial charge in [-0.25, -0.2) is 0 Å². The third kappa shape index (κ3) is 3.08. The molecule has 2 aromatic rings. The van der Waals surface area contributed by atoms with E-state index in [0.717, 1.165) is 11.1 Å². The summed E-state index contributed by atoms with van der Waals surface area (Å²) in [5.41, 5.74) is 3.11. The van der Waals surface area contributed by atoms with Crippen LogP contribution in [-0.2, 0) is 0 Å². The number of aromatic amines is 1. The molecule has 1 aromatic carbocycles. The first-order valence-electron chi connectivity index (χ1n) is 6.16. The average molecular weight is 291 g/mol. The number of halogens is 1. The molecule has 2 rings (SSSR count). The van der Waals surface area contributed by atoms with Crippen LogP contribution in [0.4, 0.5) is 5.69 Å². The van der Waals surface area contributed by atoms with Crippen LogP contribution in [0.25, 0.3) is 0 Å². The van der Waals surface area contributed by atoms with E-state index in [4.69, 9.17) is 11.6 Å². The molecule has 0 aliphatic carbocycles. The highest BCUT2D eigenvalue weighted by molar-refractivity contribution is 6.34. The maximum atomic E-state index is 12.2. The highest BCUT2D eigenvalue weighted by Crippen LogP contribution is 2.27. The molecule has 1 aromatic heterocycles. The van der Waals surface area contributed by atoms with Gasteiger partial charge in [-0.3, -0.25) is 9.59 Å². The van der Waals surface area contributed by atoms with E-state index < -0.39 is 0 Å². The van der Waals surface area contributed by atoms with Gasteiger partial charge in [0.05, 0.1) is 10.7 Å². The van der Waals surface area contributed by atoms with E-state index >= 15 is 0 Å². The summed E-state index contributed by atoms with van der Waals surface area (Å²) in [6, 6.07) is 6.60. The predicted molar refractivity (Wildman–Crippen MR) is 80.7 cm³/mol. The zero-order chi connectivity index (χ0) is 14.9. The van der Waals surface area contributed by atoms with Crippen molar-refractivity contribution >= 4 is 23.2 Å². The van der Waals surface area contributed by atoms with Gasteiger partial charge >= 0.3 is 0 Å². The average Bonchev–Trinajstić information content (AvgIpc) is 2.32. The van der Waals surface area contributed by atoms with Crippen LogP contribution in [-0.4, -0.2) is 10.9 Å². The third-order valence-electron chi connectivity index (χ3n) is 2.91. The standard InChI is InChI=1S/C15H15ClN2O2/c1-8-4-9(2)14(12(16)5-8)18-15(20)11-6-10(3)17-13(19)7-11/h4-7H,1-3H3,(H,17,19)(H,18,20). The summed E-state index contributed by atoms with van der Waals surface area (Å²) in [5, 5.41) is 3.24. The van der Waals surface area contributed by atoms with Gasteiger partial charge < -0.3 is 10.3 Å². The van der Waals surface area contributed by atoms with E-state index in [0.29, 0.717) is 22.0 Å². The van der Waals surface area contributed by atoms with Crippen LogP contribution < -0.4 is 10.9 Å². The molecule has 4 nitrogen and oxygen atoms in total. The summed E-state index contributed by atoms with van der Waals surface area (Å²) >= 11 is 6.15. The Labute approximate surface area is 121 Å². The molecular weight excluding hydrogens is 276 g/mol. The maximum absolute atomic E-state index is 12.2. The van der Waals surface area contributed by atoms with Crippen molar-refractivity contribution in [2.24, 2.45) is 0 Å². The number of aromatic nitrogens is 1. The zero-order valence-electron chi connectivity index (χ0n) is 11.5. The van der Waals surface area contributed by atoms with E-state index in [9.17, 15) is 9.59 Å². The Kier molecular flexibility index (Phi) is 3.95. The summed E-state index contributed by atoms with van der Waals surface area (Å²) < 4.78 is 0. The van der Waals surface area contributed by atoms with Crippen molar-refractivity contribution < 1.29 is 4.79 Å². The fraction of sp³-hybridized carbons (Fsp3) is 0.200. The molecular formula is C15H15ClN2O2. The molecule has 104 valence electrons. The molecule has 0 radical (unpaired) electrons. The second kappa shape index (κ2) is 5.51. The summed E-state index contributed by atoms with van der Waals surface area (Å²) in [4.78, 5) is 26.2. The van der Waals surface area contributed by atoms with Gasteiger partial charge in [0.1, 0.15) is 0 Å². The fourth-order valence-electron chi connectivity index (χ4n) is 2.07. The van der Waals surface area contributed by atoms with E-state index in [1.165, 1.54) is 6.07 Å². The van der Waals surface area contributed by atoms with Crippen LogP contribution in [0.2, 0.25) is 5.02 Å². The summed E-state index contributed by atoms with van der Waals surface area (Å²) in [5.74, 6) is -0.354. The van der Waals surface area contributed by atoms with Crippen LogP contribution in [0.15, 0.2) is 29.1 Å². The normalized spacial score (nSPS) is 10.4. The number of H-pyrrole nitrogens is 1. The molecule has 0 fully saturated rings. The lowest BCUT2D eigenvalue weighted by Crippen LogP contribution is -2.17. The Morgan fingerprint density at radius 2 is 1.85 bits per heavy atom. The molecule has 0 unspecified atom stereocenters. The molecule has 1 heterocycles. The minimum atomic E-state index is -0.354. The monoisotopic (exact) mass is 290 g/mol. The number of pyridine rings is 1. The molecule has 0 spiro atoms. The lowest BCUT2D eigenvalue weighted by atomic mass is 10.1. The molecule has 0 aliphatic heterocycles. The van der Waals surface area contributed by atoms with Crippen LogP contribution >= 0.6 is 11.6 Å². The van der Waals surface area contributed by atoms with Gasteiger partial charge in [0.25, 0.3) is 5.91 Å². The van der Waals surface area contributed by atoms with Crippen molar-refractivity contribution in [3.63, 3.8) is 0 Å². The van der Waals surface area contributed by atoms with Gasteiger partial charge in [-0.15, -0.1) is 0 Å². The van der Waals surface area contributed by atoms with Crippen molar-refractivity contribution in [2.75, 3.05) is 5.32 Å². The molecule has 1 amide bonds. The van der Waals surface area contributed by atoms with E-state index in [2.05, 4.69) is 10.3 Å². The van der Waals surface area contributed by atoms with E-state index in [1.54, 1.807) is 19.1 Å². The number of carbonyl (C=O) groups is 1. The molecule has 0 saturated heterocycles. The quantitative estimate of drug-likeness (QED) is 0.892. The largest absolute Gasteiger partial charge is 0.326 e. The smallest absolute Gasteiger partial charge is 0.255 e. The summed E-state index contributed by atoms with van der Waals surface area (Å²) in [6.07, 6.45) is 0.